The zero-order chi connectivity index (χ0) is 16.6. The predicted molar refractivity (Wildman–Crippen MR) is 76.7 cm³/mol. The summed E-state index contributed by atoms with van der Waals surface area (Å²) in [6, 6.07) is 2.13. The summed E-state index contributed by atoms with van der Waals surface area (Å²) in [5, 5.41) is 3.13. The van der Waals surface area contributed by atoms with Crippen molar-refractivity contribution in [1.29, 1.82) is 0 Å². The second kappa shape index (κ2) is 6.11. The number of rotatable bonds is 2. The van der Waals surface area contributed by atoms with Crippen molar-refractivity contribution in [1.82, 2.24) is 10.2 Å². The molecule has 0 saturated carbocycles. The molecule has 7 heteroatoms. The molecule has 0 radical (unpaired) electrons. The third-order valence-corrected chi connectivity index (χ3v) is 4.54. The lowest BCUT2D eigenvalue weighted by Gasteiger charge is -2.24. The van der Waals surface area contributed by atoms with Crippen molar-refractivity contribution in [2.45, 2.75) is 31.1 Å². The third-order valence-electron chi connectivity index (χ3n) is 4.54. The molecule has 1 amide bonds. The Morgan fingerprint density at radius 1 is 1.22 bits per heavy atom. The Kier molecular flexibility index (Phi) is 4.31. The Morgan fingerprint density at radius 3 is 2.52 bits per heavy atom. The van der Waals surface area contributed by atoms with Crippen LogP contribution in [0.1, 0.15) is 41.1 Å². The first-order chi connectivity index (χ1) is 10.9. The van der Waals surface area contributed by atoms with E-state index in [1.807, 2.05) is 0 Å². The average molecular weight is 330 g/mol. The van der Waals surface area contributed by atoms with E-state index in [4.69, 9.17) is 0 Å². The zero-order valence-electron chi connectivity index (χ0n) is 12.5. The second-order valence-corrected chi connectivity index (χ2v) is 6.22. The summed E-state index contributed by atoms with van der Waals surface area (Å²) in [5.41, 5.74) is 0.107. The topological polar surface area (TPSA) is 32.3 Å². The number of piperidine rings is 1. The van der Waals surface area contributed by atoms with Gasteiger partial charge < -0.3 is 10.2 Å². The van der Waals surface area contributed by atoms with Gasteiger partial charge in [0.15, 0.2) is 11.6 Å². The minimum atomic E-state index is -2.91. The van der Waals surface area contributed by atoms with Crippen LogP contribution in [-0.4, -0.2) is 42.9 Å². The van der Waals surface area contributed by atoms with E-state index >= 15 is 0 Å². The highest BCUT2D eigenvalue weighted by Crippen LogP contribution is 2.32. The molecule has 0 aliphatic carbocycles. The van der Waals surface area contributed by atoms with Crippen LogP contribution in [0.2, 0.25) is 0 Å². The lowest BCUT2D eigenvalue weighted by Crippen LogP contribution is -2.32. The van der Waals surface area contributed by atoms with Crippen molar-refractivity contribution in [2.24, 2.45) is 0 Å². The van der Waals surface area contributed by atoms with E-state index in [9.17, 15) is 22.4 Å². The number of halogens is 4. The lowest BCUT2D eigenvalue weighted by molar-refractivity contribution is 0.0120. The number of benzene rings is 1. The molecule has 0 unspecified atom stereocenters. The normalized spacial score (nSPS) is 21.7. The number of nitrogens with one attached hydrogen (secondary N) is 1. The fourth-order valence-corrected chi connectivity index (χ4v) is 3.26. The highest BCUT2D eigenvalue weighted by atomic mass is 19.3. The standard InChI is InChI=1S/C16H18F4N2O/c17-13-8-11(15(23)22-6-3-16(19,20)9-22)7-12(14(13)18)10-1-4-21-5-2-10/h7-8,10,21H,1-6,9H2. The molecule has 2 aliphatic heterocycles. The minimum absolute atomic E-state index is 0.0601. The number of carbonyl (C=O) groups is 1. The second-order valence-electron chi connectivity index (χ2n) is 6.22. The Morgan fingerprint density at radius 2 is 1.91 bits per heavy atom. The summed E-state index contributed by atoms with van der Waals surface area (Å²) in [6.07, 6.45) is 0.898. The molecule has 2 heterocycles. The molecule has 0 bridgehead atoms. The molecule has 1 aromatic carbocycles. The number of hydrogen-bond donors (Lipinski definition) is 1. The van der Waals surface area contributed by atoms with Gasteiger partial charge >= 0.3 is 0 Å². The first-order valence-electron chi connectivity index (χ1n) is 7.74. The summed E-state index contributed by atoms with van der Waals surface area (Å²) < 4.78 is 54.5. The van der Waals surface area contributed by atoms with Crippen LogP contribution in [0.25, 0.3) is 0 Å². The maximum absolute atomic E-state index is 14.1. The van der Waals surface area contributed by atoms with Crippen molar-refractivity contribution < 1.29 is 22.4 Å². The van der Waals surface area contributed by atoms with Crippen molar-refractivity contribution in [3.05, 3.63) is 34.9 Å². The van der Waals surface area contributed by atoms with Gasteiger partial charge in [0.2, 0.25) is 0 Å². The van der Waals surface area contributed by atoms with Crippen molar-refractivity contribution >= 4 is 5.91 Å². The Hall–Kier alpha value is -1.63. The number of hydrogen-bond acceptors (Lipinski definition) is 2. The molecular weight excluding hydrogens is 312 g/mol. The van der Waals surface area contributed by atoms with Crippen molar-refractivity contribution in [3.63, 3.8) is 0 Å². The quantitative estimate of drug-likeness (QED) is 0.846. The Bertz CT molecular complexity index is 614. The van der Waals surface area contributed by atoms with Gasteiger partial charge in [0.1, 0.15) is 0 Å². The number of likely N-dealkylation sites (tertiary alicyclic amines) is 1. The molecule has 1 N–H and O–H groups in total. The Balaban J connectivity index is 1.88. The summed E-state index contributed by atoms with van der Waals surface area (Å²) >= 11 is 0. The zero-order valence-corrected chi connectivity index (χ0v) is 12.5. The fourth-order valence-electron chi connectivity index (χ4n) is 3.26. The highest BCUT2D eigenvalue weighted by Gasteiger charge is 2.40. The minimum Gasteiger partial charge on any atom is -0.332 e. The summed E-state index contributed by atoms with van der Waals surface area (Å²) in [7, 11) is 0. The van der Waals surface area contributed by atoms with Crippen molar-refractivity contribution in [3.8, 4) is 0 Å². The van der Waals surface area contributed by atoms with E-state index in [-0.39, 0.29) is 23.6 Å². The molecule has 0 atom stereocenters. The third kappa shape index (κ3) is 3.34. The SMILES string of the molecule is O=C(c1cc(F)c(F)c(C2CCNCC2)c1)N1CCC(F)(F)C1. The Labute approximate surface area is 131 Å². The highest BCUT2D eigenvalue weighted by molar-refractivity contribution is 5.94. The molecule has 0 aromatic heterocycles. The summed E-state index contributed by atoms with van der Waals surface area (Å²) in [5.74, 6) is -5.79. The van der Waals surface area contributed by atoms with Crippen LogP contribution in [0, 0.1) is 11.6 Å². The van der Waals surface area contributed by atoms with Crippen LogP contribution in [0.4, 0.5) is 17.6 Å². The average Bonchev–Trinajstić information content (AvgIpc) is 2.90. The molecule has 2 saturated heterocycles. The largest absolute Gasteiger partial charge is 0.332 e. The van der Waals surface area contributed by atoms with Crippen LogP contribution in [-0.2, 0) is 0 Å². The lowest BCUT2D eigenvalue weighted by atomic mass is 9.88. The number of amides is 1. The van der Waals surface area contributed by atoms with Gasteiger partial charge in [-0.25, -0.2) is 17.6 Å². The summed E-state index contributed by atoms with van der Waals surface area (Å²) in [4.78, 5) is 13.3. The van der Waals surface area contributed by atoms with Gasteiger partial charge in [-0.3, -0.25) is 4.79 Å². The molecule has 0 spiro atoms. The summed E-state index contributed by atoms with van der Waals surface area (Å²) in [6.45, 7) is 0.644. The fraction of sp³-hybridized carbons (Fsp3) is 0.562. The van der Waals surface area contributed by atoms with Gasteiger partial charge in [-0.15, -0.1) is 0 Å². The van der Waals surface area contributed by atoms with E-state index < -0.39 is 36.4 Å². The molecule has 1 aromatic rings. The first-order valence-corrected chi connectivity index (χ1v) is 7.74. The van der Waals surface area contributed by atoms with Crippen LogP contribution in [0.15, 0.2) is 12.1 Å². The van der Waals surface area contributed by atoms with E-state index in [1.165, 1.54) is 6.07 Å². The maximum Gasteiger partial charge on any atom is 0.267 e. The van der Waals surface area contributed by atoms with Crippen LogP contribution >= 0.6 is 0 Å². The van der Waals surface area contributed by atoms with E-state index in [0.29, 0.717) is 25.9 Å². The van der Waals surface area contributed by atoms with Crippen molar-refractivity contribution in [2.75, 3.05) is 26.2 Å². The maximum atomic E-state index is 14.1. The van der Waals surface area contributed by atoms with E-state index in [0.717, 1.165) is 11.0 Å². The van der Waals surface area contributed by atoms with Gasteiger partial charge in [-0.2, -0.15) is 0 Å². The monoisotopic (exact) mass is 330 g/mol. The van der Waals surface area contributed by atoms with Gasteiger partial charge in [0.05, 0.1) is 6.54 Å². The molecule has 3 nitrogen and oxygen atoms in total. The van der Waals surface area contributed by atoms with Crippen LogP contribution in [0.3, 0.4) is 0 Å². The number of nitrogens with zero attached hydrogens (tertiary/aromatic N) is 1. The molecular formula is C16H18F4N2O. The van der Waals surface area contributed by atoms with Gasteiger partial charge in [-0.1, -0.05) is 0 Å². The molecule has 2 fully saturated rings. The first kappa shape index (κ1) is 16.2. The van der Waals surface area contributed by atoms with Gasteiger partial charge in [0, 0.05) is 18.5 Å². The smallest absolute Gasteiger partial charge is 0.267 e. The molecule has 126 valence electrons. The molecule has 23 heavy (non-hydrogen) atoms. The molecule has 3 rings (SSSR count). The van der Waals surface area contributed by atoms with Gasteiger partial charge in [-0.05, 0) is 49.5 Å². The number of carbonyl (C=O) groups excluding carboxylic acids is 1. The van der Waals surface area contributed by atoms with E-state index in [2.05, 4.69) is 5.32 Å². The molecule has 2 aliphatic rings. The van der Waals surface area contributed by atoms with Crippen LogP contribution in [0.5, 0.6) is 0 Å². The van der Waals surface area contributed by atoms with Gasteiger partial charge in [0.25, 0.3) is 11.8 Å². The van der Waals surface area contributed by atoms with Crippen LogP contribution < -0.4 is 5.32 Å². The predicted octanol–water partition coefficient (Wildman–Crippen LogP) is 2.91. The number of alkyl halides is 2. The van der Waals surface area contributed by atoms with E-state index in [1.54, 1.807) is 0 Å².